The Labute approximate surface area is 153 Å². The zero-order chi connectivity index (χ0) is 17.9. The van der Waals surface area contributed by atoms with Crippen molar-refractivity contribution >= 4 is 23.7 Å². The van der Waals surface area contributed by atoms with Crippen molar-refractivity contribution in [3.63, 3.8) is 0 Å². The van der Waals surface area contributed by atoms with E-state index in [0.29, 0.717) is 17.6 Å². The molecule has 2 aromatic rings. The van der Waals surface area contributed by atoms with E-state index in [9.17, 15) is 0 Å². The maximum atomic E-state index is 5.45. The van der Waals surface area contributed by atoms with Crippen molar-refractivity contribution in [2.45, 2.75) is 25.9 Å². The third-order valence-electron chi connectivity index (χ3n) is 4.85. The zero-order valence-electron chi connectivity index (χ0n) is 15.2. The molecule has 0 radical (unpaired) electrons. The average molecular weight is 352 g/mol. The molecule has 3 heterocycles. The smallest absolute Gasteiger partial charge is 0.227 e. The number of benzene rings is 1. The summed E-state index contributed by atoms with van der Waals surface area (Å²) >= 11 is 0. The third kappa shape index (κ3) is 3.48. The summed E-state index contributed by atoms with van der Waals surface area (Å²) in [6.45, 7) is 5.74. The van der Waals surface area contributed by atoms with Gasteiger partial charge in [0.15, 0.2) is 11.6 Å². The topological polar surface area (TPSA) is 74.7 Å². The lowest BCUT2D eigenvalue weighted by atomic mass is 10.1. The minimum absolute atomic E-state index is 0.518. The van der Waals surface area contributed by atoms with E-state index < -0.39 is 0 Å². The largest absolute Gasteiger partial charge is 0.491 e. The first-order valence-electron chi connectivity index (χ1n) is 9.02. The Morgan fingerprint density at radius 1 is 1.31 bits per heavy atom. The summed E-state index contributed by atoms with van der Waals surface area (Å²) in [5.41, 5.74) is 3.36. The molecule has 2 aliphatic rings. The van der Waals surface area contributed by atoms with E-state index in [1.807, 2.05) is 12.3 Å². The Hall–Kier alpha value is -2.67. The predicted molar refractivity (Wildman–Crippen MR) is 104 cm³/mol. The van der Waals surface area contributed by atoms with Gasteiger partial charge in [0.1, 0.15) is 0 Å². The van der Waals surface area contributed by atoms with Crippen molar-refractivity contribution in [1.29, 1.82) is 0 Å². The van der Waals surface area contributed by atoms with E-state index in [4.69, 9.17) is 9.72 Å². The molecule has 1 aromatic heterocycles. The maximum absolute atomic E-state index is 5.45. The summed E-state index contributed by atoms with van der Waals surface area (Å²) in [5.74, 6) is 2.04. The van der Waals surface area contributed by atoms with Gasteiger partial charge in [-0.1, -0.05) is 6.07 Å². The van der Waals surface area contributed by atoms with Crippen LogP contribution < -0.4 is 20.3 Å². The molecule has 26 heavy (non-hydrogen) atoms. The fourth-order valence-electron chi connectivity index (χ4n) is 3.28. The van der Waals surface area contributed by atoms with Crippen LogP contribution >= 0.6 is 0 Å². The lowest BCUT2D eigenvalue weighted by Crippen LogP contribution is -2.30. The predicted octanol–water partition coefficient (Wildman–Crippen LogP) is 2.35. The van der Waals surface area contributed by atoms with Crippen LogP contribution in [0.25, 0.3) is 0 Å². The molecule has 0 aliphatic carbocycles. The number of aliphatic imine (C=N–C) groups is 1. The van der Waals surface area contributed by atoms with Crippen LogP contribution in [0.4, 0.5) is 17.5 Å². The van der Waals surface area contributed by atoms with Gasteiger partial charge in [0, 0.05) is 37.6 Å². The van der Waals surface area contributed by atoms with Crippen molar-refractivity contribution in [2.75, 3.05) is 37.0 Å². The number of nitrogens with one attached hydrogen (secondary N) is 2. The van der Waals surface area contributed by atoms with Gasteiger partial charge in [-0.2, -0.15) is 4.98 Å². The van der Waals surface area contributed by atoms with Crippen molar-refractivity contribution in [1.82, 2.24) is 15.3 Å². The standard InChI is InChI=1S/C19H24N6O/c1-13-5-7-25(8-6-21-13)19-22-12-17(26-2)18(24-19)23-16-4-3-14-10-20-11-15(14)9-16/h3-4,9,11-13,21H,5-8,10H2,1-2H3,(H,22,23,24). The van der Waals surface area contributed by atoms with Crippen LogP contribution in [0, 0.1) is 0 Å². The lowest BCUT2D eigenvalue weighted by Gasteiger charge is -2.21. The quantitative estimate of drug-likeness (QED) is 0.880. The molecule has 7 heteroatoms. The highest BCUT2D eigenvalue weighted by atomic mass is 16.5. The Morgan fingerprint density at radius 2 is 2.23 bits per heavy atom. The monoisotopic (exact) mass is 352 g/mol. The first-order chi connectivity index (χ1) is 12.7. The molecule has 1 aromatic carbocycles. The number of ether oxygens (including phenoxy) is 1. The SMILES string of the molecule is COc1cnc(N2CCNC(C)CC2)nc1Nc1ccc2c(c1)C=NC2. The zero-order valence-corrected chi connectivity index (χ0v) is 15.2. The molecule has 7 nitrogen and oxygen atoms in total. The van der Waals surface area contributed by atoms with Gasteiger partial charge >= 0.3 is 0 Å². The number of rotatable bonds is 4. The van der Waals surface area contributed by atoms with Crippen molar-refractivity contribution in [2.24, 2.45) is 4.99 Å². The highest BCUT2D eigenvalue weighted by Gasteiger charge is 2.18. The first kappa shape index (κ1) is 16.8. The van der Waals surface area contributed by atoms with Crippen LogP contribution in [0.3, 0.4) is 0 Å². The summed E-state index contributed by atoms with van der Waals surface area (Å²) in [4.78, 5) is 15.8. The molecule has 0 amide bonds. The van der Waals surface area contributed by atoms with Gasteiger partial charge in [-0.15, -0.1) is 0 Å². The lowest BCUT2D eigenvalue weighted by molar-refractivity contribution is 0.413. The summed E-state index contributed by atoms with van der Waals surface area (Å²) in [6, 6.07) is 6.75. The molecule has 2 N–H and O–H groups in total. The number of nitrogens with zero attached hydrogens (tertiary/aromatic N) is 4. The molecule has 1 fully saturated rings. The van der Waals surface area contributed by atoms with Crippen LogP contribution in [0.15, 0.2) is 29.4 Å². The van der Waals surface area contributed by atoms with Gasteiger partial charge in [0.2, 0.25) is 5.95 Å². The van der Waals surface area contributed by atoms with Gasteiger partial charge in [0.05, 0.1) is 19.9 Å². The summed E-state index contributed by atoms with van der Waals surface area (Å²) in [7, 11) is 1.64. The molecule has 136 valence electrons. The van der Waals surface area contributed by atoms with Gasteiger partial charge < -0.3 is 20.3 Å². The Morgan fingerprint density at radius 3 is 3.12 bits per heavy atom. The Kier molecular flexibility index (Phi) is 4.71. The molecular weight excluding hydrogens is 328 g/mol. The molecule has 1 saturated heterocycles. The molecule has 2 aliphatic heterocycles. The van der Waals surface area contributed by atoms with Crippen LogP contribution in [-0.2, 0) is 6.54 Å². The average Bonchev–Trinajstić information content (AvgIpc) is 3.01. The van der Waals surface area contributed by atoms with Crippen LogP contribution in [0.5, 0.6) is 5.75 Å². The number of hydrogen-bond acceptors (Lipinski definition) is 7. The number of aromatic nitrogens is 2. The molecule has 1 atom stereocenters. The molecule has 0 saturated carbocycles. The second-order valence-electron chi connectivity index (χ2n) is 6.73. The van der Waals surface area contributed by atoms with Crippen LogP contribution in [-0.4, -0.2) is 49.0 Å². The Balaban J connectivity index is 1.59. The minimum Gasteiger partial charge on any atom is -0.491 e. The van der Waals surface area contributed by atoms with Crippen molar-refractivity contribution < 1.29 is 4.74 Å². The van der Waals surface area contributed by atoms with E-state index in [0.717, 1.165) is 49.8 Å². The minimum atomic E-state index is 0.518. The fourth-order valence-corrected chi connectivity index (χ4v) is 3.28. The Bertz CT molecular complexity index is 822. The molecular formula is C19H24N6O. The number of anilines is 3. The summed E-state index contributed by atoms with van der Waals surface area (Å²) < 4.78 is 5.45. The number of hydrogen-bond donors (Lipinski definition) is 2. The van der Waals surface area contributed by atoms with Crippen LogP contribution in [0.2, 0.25) is 0 Å². The molecule has 0 bridgehead atoms. The van der Waals surface area contributed by atoms with E-state index in [-0.39, 0.29) is 0 Å². The van der Waals surface area contributed by atoms with E-state index in [1.165, 1.54) is 5.56 Å². The number of methoxy groups -OCH3 is 1. The highest BCUT2D eigenvalue weighted by molar-refractivity contribution is 5.86. The van der Waals surface area contributed by atoms with Gasteiger partial charge in [-0.3, -0.25) is 4.99 Å². The molecule has 1 unspecified atom stereocenters. The van der Waals surface area contributed by atoms with E-state index in [1.54, 1.807) is 13.3 Å². The molecule has 4 rings (SSSR count). The summed E-state index contributed by atoms with van der Waals surface area (Å²) in [5, 5.41) is 6.87. The highest BCUT2D eigenvalue weighted by Crippen LogP contribution is 2.28. The van der Waals surface area contributed by atoms with Gasteiger partial charge in [-0.05, 0) is 36.6 Å². The normalized spacial score (nSPS) is 19.2. The van der Waals surface area contributed by atoms with Crippen molar-refractivity contribution in [3.05, 3.63) is 35.5 Å². The van der Waals surface area contributed by atoms with Gasteiger partial charge in [-0.25, -0.2) is 4.98 Å². The maximum Gasteiger partial charge on any atom is 0.227 e. The van der Waals surface area contributed by atoms with Gasteiger partial charge in [0.25, 0.3) is 0 Å². The van der Waals surface area contributed by atoms with Crippen LogP contribution in [0.1, 0.15) is 24.5 Å². The van der Waals surface area contributed by atoms with Crippen molar-refractivity contribution in [3.8, 4) is 5.75 Å². The third-order valence-corrected chi connectivity index (χ3v) is 4.85. The second kappa shape index (κ2) is 7.29. The number of fused-ring (bicyclic) bond motifs is 1. The first-order valence-corrected chi connectivity index (χ1v) is 9.02. The second-order valence-corrected chi connectivity index (χ2v) is 6.73. The fraction of sp³-hybridized carbons (Fsp3) is 0.421. The van der Waals surface area contributed by atoms with E-state index >= 15 is 0 Å². The molecule has 0 spiro atoms. The van der Waals surface area contributed by atoms with E-state index in [2.05, 4.69) is 44.6 Å². The summed E-state index contributed by atoms with van der Waals surface area (Å²) in [6.07, 6.45) is 4.72.